The summed E-state index contributed by atoms with van der Waals surface area (Å²) in [5, 5.41) is 0. The molecule has 0 bridgehead atoms. The van der Waals surface area contributed by atoms with Gasteiger partial charge in [0.2, 0.25) is 0 Å². The molecule has 2 amide bonds. The van der Waals surface area contributed by atoms with Crippen molar-refractivity contribution in [2.45, 2.75) is 73.1 Å². The predicted molar refractivity (Wildman–Crippen MR) is 94.0 cm³/mol. The highest BCUT2D eigenvalue weighted by atomic mass is 32.1. The van der Waals surface area contributed by atoms with E-state index in [1.165, 1.54) is 4.90 Å². The minimum absolute atomic E-state index is 0.0814. The van der Waals surface area contributed by atoms with Gasteiger partial charge in [-0.15, -0.1) is 11.3 Å². The lowest BCUT2D eigenvalue weighted by Crippen LogP contribution is -2.31. The Morgan fingerprint density at radius 2 is 1.55 bits per heavy atom. The molecule has 0 unspecified atom stereocenters. The molecule has 0 aliphatic carbocycles. The summed E-state index contributed by atoms with van der Waals surface area (Å²) in [6, 6.07) is 0. The van der Waals surface area contributed by atoms with Gasteiger partial charge in [-0.2, -0.15) is 0 Å². The topological polar surface area (TPSA) is 37.4 Å². The van der Waals surface area contributed by atoms with Gasteiger partial charge in [0.25, 0.3) is 11.8 Å². The van der Waals surface area contributed by atoms with Crippen molar-refractivity contribution in [2.24, 2.45) is 0 Å². The Morgan fingerprint density at radius 1 is 1.00 bits per heavy atom. The molecule has 1 aliphatic rings. The molecule has 1 aromatic heterocycles. The van der Waals surface area contributed by atoms with E-state index in [1.807, 2.05) is 20.8 Å². The van der Waals surface area contributed by atoms with Gasteiger partial charge in [-0.05, 0) is 18.3 Å². The molecule has 2 heterocycles. The molecule has 124 valence electrons. The van der Waals surface area contributed by atoms with Crippen molar-refractivity contribution in [2.75, 3.05) is 6.54 Å². The first kappa shape index (κ1) is 18.9. The molecule has 0 radical (unpaired) electrons. The fraction of sp³-hybridized carbons (Fsp3) is 0.667. The number of amides is 2. The number of thiophene rings is 1. The minimum Gasteiger partial charge on any atom is -0.274 e. The summed E-state index contributed by atoms with van der Waals surface area (Å²) < 4.78 is 0. The number of aryl methyl sites for hydroxylation is 1. The number of fused-ring (bicyclic) bond motifs is 1. The summed E-state index contributed by atoms with van der Waals surface area (Å²) >= 11 is 1.63. The lowest BCUT2D eigenvalue weighted by Gasteiger charge is -2.19. The van der Waals surface area contributed by atoms with Crippen LogP contribution < -0.4 is 0 Å². The Labute approximate surface area is 138 Å². The summed E-state index contributed by atoms with van der Waals surface area (Å²) in [5.74, 6) is -0.165. The highest BCUT2D eigenvalue weighted by Crippen LogP contribution is 2.41. The van der Waals surface area contributed by atoms with E-state index < -0.39 is 0 Å². The zero-order chi connectivity index (χ0) is 17.1. The first-order chi connectivity index (χ1) is 10.3. The van der Waals surface area contributed by atoms with Crippen LogP contribution in [0.4, 0.5) is 0 Å². The van der Waals surface area contributed by atoms with E-state index in [9.17, 15) is 9.59 Å². The lowest BCUT2D eigenvalue weighted by atomic mass is 9.90. The van der Waals surface area contributed by atoms with Crippen LogP contribution in [0, 0.1) is 0 Å². The quantitative estimate of drug-likeness (QED) is 0.729. The van der Waals surface area contributed by atoms with Gasteiger partial charge >= 0.3 is 0 Å². The summed E-state index contributed by atoms with van der Waals surface area (Å²) in [6.07, 6.45) is 2.66. The Bertz CT molecular complexity index is 552. The maximum Gasteiger partial charge on any atom is 0.262 e. The number of imide groups is 1. The monoisotopic (exact) mass is 323 g/mol. The van der Waals surface area contributed by atoms with E-state index in [0.29, 0.717) is 17.7 Å². The van der Waals surface area contributed by atoms with Gasteiger partial charge in [0.1, 0.15) is 0 Å². The van der Waals surface area contributed by atoms with E-state index in [0.717, 1.165) is 29.0 Å². The zero-order valence-electron chi connectivity index (χ0n) is 15.0. The molecule has 0 N–H and O–H groups in total. The molecule has 22 heavy (non-hydrogen) atoms. The second-order valence-corrected chi connectivity index (χ2v) is 7.43. The second kappa shape index (κ2) is 7.40. The van der Waals surface area contributed by atoms with Crippen LogP contribution >= 0.6 is 11.3 Å². The third kappa shape index (κ3) is 3.27. The van der Waals surface area contributed by atoms with Crippen molar-refractivity contribution in [3.63, 3.8) is 0 Å². The maximum absolute atomic E-state index is 12.6. The van der Waals surface area contributed by atoms with Crippen LogP contribution in [-0.2, 0) is 11.8 Å². The number of hydrogen-bond acceptors (Lipinski definition) is 3. The molecule has 0 saturated heterocycles. The SMILES string of the molecule is CC.CCCCN1C(=O)c2c(CC)sc(C(C)(C)C)c2C1=O. The number of nitrogens with zero attached hydrogens (tertiary/aromatic N) is 1. The van der Waals surface area contributed by atoms with E-state index in [1.54, 1.807) is 11.3 Å². The third-order valence-corrected chi connectivity index (χ3v) is 5.40. The second-order valence-electron chi connectivity index (χ2n) is 6.32. The van der Waals surface area contributed by atoms with Gasteiger partial charge in [0.15, 0.2) is 0 Å². The summed E-state index contributed by atoms with van der Waals surface area (Å²) in [5.41, 5.74) is 1.27. The van der Waals surface area contributed by atoms with Crippen LogP contribution in [0.15, 0.2) is 0 Å². The summed E-state index contributed by atoms with van der Waals surface area (Å²) in [4.78, 5) is 28.7. The molecule has 0 spiro atoms. The van der Waals surface area contributed by atoms with Crippen LogP contribution in [0.25, 0.3) is 0 Å². The van der Waals surface area contributed by atoms with E-state index in [2.05, 4.69) is 27.7 Å². The lowest BCUT2D eigenvalue weighted by molar-refractivity contribution is 0.0651. The fourth-order valence-electron chi connectivity index (χ4n) is 2.57. The highest BCUT2D eigenvalue weighted by molar-refractivity contribution is 7.13. The molecular formula is C18H29NO2S. The van der Waals surface area contributed by atoms with Gasteiger partial charge in [-0.25, -0.2) is 0 Å². The minimum atomic E-state index is -0.0983. The Balaban J connectivity index is 0.00000116. The Hall–Kier alpha value is -1.16. The molecule has 4 heteroatoms. The summed E-state index contributed by atoms with van der Waals surface area (Å²) in [7, 11) is 0. The van der Waals surface area contributed by atoms with Crippen molar-refractivity contribution in [3.8, 4) is 0 Å². The van der Waals surface area contributed by atoms with Gasteiger partial charge in [0, 0.05) is 16.3 Å². The van der Waals surface area contributed by atoms with Crippen LogP contribution in [0.1, 0.15) is 91.8 Å². The van der Waals surface area contributed by atoms with Crippen LogP contribution in [0.5, 0.6) is 0 Å². The Morgan fingerprint density at radius 3 is 2.00 bits per heavy atom. The van der Waals surface area contributed by atoms with E-state index >= 15 is 0 Å². The molecule has 0 fully saturated rings. The smallest absolute Gasteiger partial charge is 0.262 e. The van der Waals surface area contributed by atoms with E-state index in [-0.39, 0.29) is 17.2 Å². The van der Waals surface area contributed by atoms with Crippen molar-refractivity contribution in [3.05, 3.63) is 20.9 Å². The molecule has 3 nitrogen and oxygen atoms in total. The van der Waals surface area contributed by atoms with Crippen LogP contribution in [-0.4, -0.2) is 23.3 Å². The molecule has 1 aromatic rings. The summed E-state index contributed by atoms with van der Waals surface area (Å²) in [6.45, 7) is 15.0. The molecule has 2 rings (SSSR count). The fourth-order valence-corrected chi connectivity index (χ4v) is 3.85. The van der Waals surface area contributed by atoms with E-state index in [4.69, 9.17) is 0 Å². The van der Waals surface area contributed by atoms with Crippen molar-refractivity contribution >= 4 is 23.2 Å². The van der Waals surface area contributed by atoms with Gasteiger partial charge < -0.3 is 0 Å². The number of carbonyl (C=O) groups is 2. The average Bonchev–Trinajstić information content (AvgIpc) is 2.98. The maximum atomic E-state index is 12.6. The molecule has 1 aliphatic heterocycles. The average molecular weight is 324 g/mol. The predicted octanol–water partition coefficient (Wildman–Crippen LogP) is 5.03. The first-order valence-electron chi connectivity index (χ1n) is 8.35. The number of rotatable bonds is 4. The number of carbonyl (C=O) groups excluding carboxylic acids is 2. The van der Waals surface area contributed by atoms with Crippen LogP contribution in [0.2, 0.25) is 0 Å². The number of unbranched alkanes of at least 4 members (excludes halogenated alkanes) is 1. The molecule has 0 saturated carbocycles. The molecule has 0 aromatic carbocycles. The number of hydrogen-bond donors (Lipinski definition) is 0. The van der Waals surface area contributed by atoms with Crippen molar-refractivity contribution in [1.29, 1.82) is 0 Å². The normalized spacial score (nSPS) is 14.0. The largest absolute Gasteiger partial charge is 0.274 e. The standard InChI is InChI=1S/C16H23NO2S.C2H6/c1-6-8-9-17-14(18)11-10(7-2)20-13(16(3,4)5)12(11)15(17)19;1-2/h6-9H2,1-5H3;1-2H3. The van der Waals surface area contributed by atoms with Crippen molar-refractivity contribution in [1.82, 2.24) is 4.90 Å². The third-order valence-electron chi connectivity index (χ3n) is 3.64. The first-order valence-corrected chi connectivity index (χ1v) is 9.16. The van der Waals surface area contributed by atoms with Gasteiger partial charge in [-0.1, -0.05) is 54.9 Å². The zero-order valence-corrected chi connectivity index (χ0v) is 15.8. The molecular weight excluding hydrogens is 294 g/mol. The van der Waals surface area contributed by atoms with Gasteiger partial charge in [0.05, 0.1) is 11.1 Å². The highest BCUT2D eigenvalue weighted by Gasteiger charge is 2.42. The Kier molecular flexibility index (Phi) is 6.36. The van der Waals surface area contributed by atoms with Crippen LogP contribution in [0.3, 0.4) is 0 Å². The van der Waals surface area contributed by atoms with Crippen molar-refractivity contribution < 1.29 is 9.59 Å². The van der Waals surface area contributed by atoms with Gasteiger partial charge in [-0.3, -0.25) is 14.5 Å². The molecule has 0 atom stereocenters.